The summed E-state index contributed by atoms with van der Waals surface area (Å²) in [6, 6.07) is 5.79. The van der Waals surface area contributed by atoms with E-state index in [2.05, 4.69) is 12.9 Å². The monoisotopic (exact) mass is 318 g/mol. The Morgan fingerprint density at radius 2 is 1.52 bits per heavy atom. The molecule has 1 rings (SSSR count). The van der Waals surface area contributed by atoms with Gasteiger partial charge in [0.05, 0.1) is 6.42 Å². The Morgan fingerprint density at radius 1 is 1.14 bits per heavy atom. The van der Waals surface area contributed by atoms with Crippen LogP contribution in [0.4, 0.5) is 0 Å². The summed E-state index contributed by atoms with van der Waals surface area (Å²) in [4.78, 5) is 20.9. The normalized spacial score (nSPS) is 10.3. The SMILES string of the molecule is CCN.NC(Cc1ccc(CC(=O)O)cc1)C(=O)O.OS. The van der Waals surface area contributed by atoms with Crippen molar-refractivity contribution < 1.29 is 24.4 Å². The van der Waals surface area contributed by atoms with Crippen molar-refractivity contribution in [2.75, 3.05) is 6.54 Å². The number of rotatable bonds is 5. The average Bonchev–Trinajstić information content (AvgIpc) is 2.43. The van der Waals surface area contributed by atoms with E-state index in [1.54, 1.807) is 24.3 Å². The molecule has 21 heavy (non-hydrogen) atoms. The third-order valence-electron chi connectivity index (χ3n) is 2.15. The second kappa shape index (κ2) is 13.4. The van der Waals surface area contributed by atoms with E-state index < -0.39 is 18.0 Å². The third kappa shape index (κ3) is 11.9. The van der Waals surface area contributed by atoms with Crippen molar-refractivity contribution in [3.05, 3.63) is 35.4 Å². The molecule has 8 heteroatoms. The molecule has 0 aromatic heterocycles. The van der Waals surface area contributed by atoms with Gasteiger partial charge in [-0.3, -0.25) is 9.59 Å². The predicted octanol–water partition coefficient (Wildman–Crippen LogP) is 0.622. The van der Waals surface area contributed by atoms with E-state index in [1.807, 2.05) is 6.92 Å². The molecule has 1 aromatic rings. The number of carbonyl (C=O) groups is 2. The predicted molar refractivity (Wildman–Crippen MR) is 83.4 cm³/mol. The highest BCUT2D eigenvalue weighted by molar-refractivity contribution is 7.74. The molecular weight excluding hydrogens is 296 g/mol. The lowest BCUT2D eigenvalue weighted by Crippen LogP contribution is -2.32. The quantitative estimate of drug-likeness (QED) is 0.344. The Morgan fingerprint density at radius 3 is 1.86 bits per heavy atom. The van der Waals surface area contributed by atoms with Gasteiger partial charge in [-0.1, -0.05) is 31.2 Å². The molecule has 0 bridgehead atoms. The van der Waals surface area contributed by atoms with Crippen LogP contribution in [0, 0.1) is 0 Å². The smallest absolute Gasteiger partial charge is 0.320 e. The highest BCUT2D eigenvalue weighted by Gasteiger charge is 2.11. The fraction of sp³-hybridized carbons (Fsp3) is 0.385. The van der Waals surface area contributed by atoms with Gasteiger partial charge in [0.1, 0.15) is 6.04 Å². The second-order valence-electron chi connectivity index (χ2n) is 3.94. The van der Waals surface area contributed by atoms with Crippen LogP contribution in [-0.4, -0.2) is 39.3 Å². The molecule has 0 aliphatic carbocycles. The Bertz CT molecular complexity index is 412. The number of nitrogens with two attached hydrogens (primary N) is 2. The van der Waals surface area contributed by atoms with Gasteiger partial charge in [0, 0.05) is 0 Å². The van der Waals surface area contributed by atoms with Crippen LogP contribution in [-0.2, 0) is 22.4 Å². The van der Waals surface area contributed by atoms with Crippen molar-refractivity contribution in [1.29, 1.82) is 0 Å². The maximum atomic E-state index is 10.5. The van der Waals surface area contributed by atoms with Gasteiger partial charge in [0.2, 0.25) is 0 Å². The molecular formula is C13H22N2O5S. The molecule has 7 nitrogen and oxygen atoms in total. The van der Waals surface area contributed by atoms with E-state index in [0.717, 1.165) is 12.1 Å². The number of hydrogen-bond donors (Lipinski definition) is 6. The lowest BCUT2D eigenvalue weighted by Gasteiger charge is -2.06. The molecule has 120 valence electrons. The van der Waals surface area contributed by atoms with Crippen LogP contribution in [0.3, 0.4) is 0 Å². The Hall–Kier alpha value is -1.61. The summed E-state index contributed by atoms with van der Waals surface area (Å²) in [6.07, 6.45) is 0.202. The van der Waals surface area contributed by atoms with E-state index >= 15 is 0 Å². The van der Waals surface area contributed by atoms with Crippen molar-refractivity contribution in [1.82, 2.24) is 0 Å². The molecule has 0 spiro atoms. The van der Waals surface area contributed by atoms with Crippen LogP contribution >= 0.6 is 12.9 Å². The molecule has 0 aliphatic heterocycles. The second-order valence-corrected chi connectivity index (χ2v) is 3.94. The summed E-state index contributed by atoms with van der Waals surface area (Å²) >= 11 is 2.53. The van der Waals surface area contributed by atoms with Gasteiger partial charge in [0.25, 0.3) is 0 Å². The largest absolute Gasteiger partial charge is 0.481 e. The molecule has 0 aliphatic rings. The van der Waals surface area contributed by atoms with Crippen LogP contribution in [0.5, 0.6) is 0 Å². The lowest BCUT2D eigenvalue weighted by molar-refractivity contribution is -0.138. The summed E-state index contributed by atoms with van der Waals surface area (Å²) in [5, 5.41) is 17.2. The first-order chi connectivity index (χ1) is 9.90. The molecule has 1 atom stereocenters. The van der Waals surface area contributed by atoms with Gasteiger partial charge in [0.15, 0.2) is 0 Å². The summed E-state index contributed by atoms with van der Waals surface area (Å²) in [6.45, 7) is 2.65. The zero-order valence-electron chi connectivity index (χ0n) is 11.8. The van der Waals surface area contributed by atoms with Crippen LogP contribution in [0.2, 0.25) is 0 Å². The summed E-state index contributed by atoms with van der Waals surface area (Å²) in [5.74, 6) is -1.94. The molecule has 0 saturated carbocycles. The highest BCUT2D eigenvalue weighted by Crippen LogP contribution is 2.07. The van der Waals surface area contributed by atoms with E-state index in [0.29, 0.717) is 5.56 Å². The highest BCUT2D eigenvalue weighted by atomic mass is 32.1. The lowest BCUT2D eigenvalue weighted by atomic mass is 10.0. The van der Waals surface area contributed by atoms with Gasteiger partial charge < -0.3 is 26.2 Å². The maximum Gasteiger partial charge on any atom is 0.320 e. The standard InChI is InChI=1S/C11H13NO4.C2H7N.H2OS/c12-9(11(15)16)5-7-1-3-8(4-2-7)6-10(13)14;1-2-3;1-2/h1-4,9H,5-6,12H2,(H,13,14)(H,15,16);2-3H2,1H3;1-2H. The van der Waals surface area contributed by atoms with E-state index in [4.69, 9.17) is 26.2 Å². The number of hydrogen-bond acceptors (Lipinski definition) is 6. The van der Waals surface area contributed by atoms with Crippen molar-refractivity contribution in [3.8, 4) is 0 Å². The maximum absolute atomic E-state index is 10.5. The average molecular weight is 318 g/mol. The first-order valence-corrected chi connectivity index (χ1v) is 6.48. The Labute approximate surface area is 129 Å². The zero-order chi connectivity index (χ0) is 16.8. The van der Waals surface area contributed by atoms with Crippen molar-refractivity contribution in [3.63, 3.8) is 0 Å². The number of benzene rings is 1. The van der Waals surface area contributed by atoms with Crippen LogP contribution in [0.1, 0.15) is 18.1 Å². The molecule has 1 aromatic carbocycles. The van der Waals surface area contributed by atoms with Gasteiger partial charge in [-0.2, -0.15) is 0 Å². The van der Waals surface area contributed by atoms with Crippen molar-refractivity contribution in [2.45, 2.75) is 25.8 Å². The van der Waals surface area contributed by atoms with Crippen molar-refractivity contribution >= 4 is 24.8 Å². The van der Waals surface area contributed by atoms with E-state index in [1.165, 1.54) is 0 Å². The topological polar surface area (TPSA) is 147 Å². The minimum Gasteiger partial charge on any atom is -0.481 e. The number of carboxylic acid groups (broad SMARTS) is 2. The fourth-order valence-corrected chi connectivity index (χ4v) is 1.31. The van der Waals surface area contributed by atoms with Crippen LogP contribution < -0.4 is 11.5 Å². The molecule has 0 amide bonds. The Kier molecular flexibility index (Phi) is 13.8. The number of aliphatic carboxylic acids is 2. The third-order valence-corrected chi connectivity index (χ3v) is 2.15. The van der Waals surface area contributed by atoms with Crippen LogP contribution in [0.15, 0.2) is 24.3 Å². The van der Waals surface area contributed by atoms with Crippen LogP contribution in [0.25, 0.3) is 0 Å². The summed E-state index contributed by atoms with van der Waals surface area (Å²) < 4.78 is 6.69. The van der Waals surface area contributed by atoms with Gasteiger partial charge in [-0.25, -0.2) is 0 Å². The van der Waals surface area contributed by atoms with Gasteiger partial charge >= 0.3 is 11.9 Å². The zero-order valence-corrected chi connectivity index (χ0v) is 12.7. The minimum absolute atomic E-state index is 0.0364. The molecule has 7 N–H and O–H groups in total. The summed E-state index contributed by atoms with van der Waals surface area (Å²) in [5.41, 5.74) is 11.7. The Balaban J connectivity index is 0. The summed E-state index contributed by atoms with van der Waals surface area (Å²) in [7, 11) is 0. The molecule has 0 saturated heterocycles. The first kappa shape index (κ1) is 21.7. The molecule has 0 heterocycles. The van der Waals surface area contributed by atoms with Gasteiger partial charge in [-0.05, 0) is 37.0 Å². The van der Waals surface area contributed by atoms with E-state index in [9.17, 15) is 9.59 Å². The van der Waals surface area contributed by atoms with E-state index in [-0.39, 0.29) is 12.8 Å². The van der Waals surface area contributed by atoms with Gasteiger partial charge in [-0.15, -0.1) is 0 Å². The number of thiol groups is 1. The first-order valence-electron chi connectivity index (χ1n) is 6.08. The molecule has 1 unspecified atom stereocenters. The molecule has 0 fully saturated rings. The fourth-order valence-electron chi connectivity index (χ4n) is 1.31. The molecule has 0 radical (unpaired) electrons. The van der Waals surface area contributed by atoms with Crippen molar-refractivity contribution in [2.24, 2.45) is 11.5 Å². The number of carboxylic acids is 2. The minimum atomic E-state index is -1.05.